The van der Waals surface area contributed by atoms with Gasteiger partial charge in [-0.3, -0.25) is 4.40 Å². The Hall–Kier alpha value is -1.72. The lowest BCUT2D eigenvalue weighted by atomic mass is 10.0. The van der Waals surface area contributed by atoms with Crippen LogP contribution in [-0.4, -0.2) is 16.4 Å². The van der Waals surface area contributed by atoms with Gasteiger partial charge in [-0.25, -0.2) is 9.37 Å². The van der Waals surface area contributed by atoms with E-state index in [2.05, 4.69) is 10.3 Å². The molecule has 3 aromatic rings. The van der Waals surface area contributed by atoms with Crippen molar-refractivity contribution in [2.24, 2.45) is 0 Å². The van der Waals surface area contributed by atoms with Crippen LogP contribution in [0.25, 0.3) is 4.96 Å². The number of hydrogen-bond acceptors (Lipinski definition) is 3. The topological polar surface area (TPSA) is 29.3 Å². The van der Waals surface area contributed by atoms with E-state index < -0.39 is 0 Å². The fourth-order valence-corrected chi connectivity index (χ4v) is 2.91. The maximum atomic E-state index is 13.3. The van der Waals surface area contributed by atoms with Gasteiger partial charge in [0.05, 0.1) is 5.69 Å². The maximum absolute atomic E-state index is 13.3. The van der Waals surface area contributed by atoms with E-state index in [9.17, 15) is 4.39 Å². The Bertz CT molecular complexity index is 660. The van der Waals surface area contributed by atoms with E-state index in [-0.39, 0.29) is 11.9 Å². The molecule has 0 aliphatic heterocycles. The molecule has 2 heterocycles. The van der Waals surface area contributed by atoms with Crippen molar-refractivity contribution in [2.75, 3.05) is 7.05 Å². The molecule has 3 rings (SSSR count). The van der Waals surface area contributed by atoms with E-state index in [1.165, 1.54) is 6.07 Å². The lowest BCUT2D eigenvalue weighted by molar-refractivity contribution is 0.573. The number of nitrogens with zero attached hydrogens (tertiary/aromatic N) is 2. The molecule has 1 N–H and O–H groups in total. The summed E-state index contributed by atoms with van der Waals surface area (Å²) in [6, 6.07) is 6.77. The second-order valence-electron chi connectivity index (χ2n) is 4.43. The molecule has 1 atom stereocenters. The number of rotatable bonds is 4. The Morgan fingerprint density at radius 1 is 1.47 bits per heavy atom. The predicted octanol–water partition coefficient (Wildman–Crippen LogP) is 3.04. The molecule has 0 spiro atoms. The molecule has 0 bridgehead atoms. The van der Waals surface area contributed by atoms with Gasteiger partial charge in [0.1, 0.15) is 5.82 Å². The fraction of sp³-hybridized carbons (Fsp3) is 0.214. The van der Waals surface area contributed by atoms with Crippen LogP contribution in [0.2, 0.25) is 0 Å². The zero-order valence-corrected chi connectivity index (χ0v) is 11.3. The number of benzene rings is 1. The minimum atomic E-state index is -0.205. The van der Waals surface area contributed by atoms with Crippen molar-refractivity contribution >= 4 is 16.3 Å². The number of thiazole rings is 1. The summed E-state index contributed by atoms with van der Waals surface area (Å²) in [7, 11) is 1.88. The quantitative estimate of drug-likeness (QED) is 0.793. The third-order valence-corrected chi connectivity index (χ3v) is 3.93. The number of likely N-dealkylation sites (N-methyl/N-ethyl adjacent to an activating group) is 1. The summed E-state index contributed by atoms with van der Waals surface area (Å²) in [5, 5.41) is 5.23. The Morgan fingerprint density at radius 3 is 3.11 bits per heavy atom. The molecule has 2 aromatic heterocycles. The van der Waals surface area contributed by atoms with Crippen molar-refractivity contribution < 1.29 is 4.39 Å². The molecule has 98 valence electrons. The molecule has 1 unspecified atom stereocenters. The SMILES string of the molecule is CNC(Cc1cn2ccsc2n1)c1cccc(F)c1. The van der Waals surface area contributed by atoms with Gasteiger partial charge < -0.3 is 5.32 Å². The highest BCUT2D eigenvalue weighted by molar-refractivity contribution is 7.15. The molecule has 0 amide bonds. The van der Waals surface area contributed by atoms with Gasteiger partial charge in [-0.05, 0) is 24.7 Å². The maximum Gasteiger partial charge on any atom is 0.193 e. The molecule has 19 heavy (non-hydrogen) atoms. The first kappa shape index (κ1) is 12.3. The summed E-state index contributed by atoms with van der Waals surface area (Å²) in [6.45, 7) is 0. The van der Waals surface area contributed by atoms with Crippen LogP contribution in [0.3, 0.4) is 0 Å². The van der Waals surface area contributed by atoms with Crippen molar-refractivity contribution in [3.8, 4) is 0 Å². The van der Waals surface area contributed by atoms with Gasteiger partial charge in [-0.1, -0.05) is 12.1 Å². The Labute approximate surface area is 114 Å². The predicted molar refractivity (Wildman–Crippen MR) is 75.0 cm³/mol. The van der Waals surface area contributed by atoms with Crippen molar-refractivity contribution in [3.63, 3.8) is 0 Å². The zero-order valence-electron chi connectivity index (χ0n) is 10.5. The highest BCUT2D eigenvalue weighted by Crippen LogP contribution is 2.20. The van der Waals surface area contributed by atoms with Gasteiger partial charge >= 0.3 is 0 Å². The van der Waals surface area contributed by atoms with E-state index in [0.29, 0.717) is 0 Å². The molecular formula is C14H14FN3S. The first-order chi connectivity index (χ1) is 9.26. The molecule has 0 saturated carbocycles. The third-order valence-electron chi connectivity index (χ3n) is 3.16. The number of imidazole rings is 1. The standard InChI is InChI=1S/C14H14FN3S/c1-16-13(10-3-2-4-11(15)7-10)8-12-9-18-5-6-19-14(18)17-12/h2-7,9,13,16H,8H2,1H3. The van der Waals surface area contributed by atoms with Crippen LogP contribution in [0.5, 0.6) is 0 Å². The van der Waals surface area contributed by atoms with Crippen LogP contribution in [0.15, 0.2) is 42.0 Å². The van der Waals surface area contributed by atoms with Gasteiger partial charge in [0.2, 0.25) is 0 Å². The summed E-state index contributed by atoms with van der Waals surface area (Å²) in [5.74, 6) is -0.205. The van der Waals surface area contributed by atoms with E-state index >= 15 is 0 Å². The summed E-state index contributed by atoms with van der Waals surface area (Å²) in [4.78, 5) is 5.55. The van der Waals surface area contributed by atoms with Crippen molar-refractivity contribution in [1.82, 2.24) is 14.7 Å². The zero-order chi connectivity index (χ0) is 13.2. The molecule has 0 aliphatic carbocycles. The van der Waals surface area contributed by atoms with Crippen LogP contribution in [0.1, 0.15) is 17.3 Å². The molecule has 0 aliphatic rings. The highest BCUT2D eigenvalue weighted by Gasteiger charge is 2.13. The molecular weight excluding hydrogens is 261 g/mol. The second-order valence-corrected chi connectivity index (χ2v) is 5.30. The summed E-state index contributed by atoms with van der Waals surface area (Å²) < 4.78 is 15.3. The van der Waals surface area contributed by atoms with Crippen molar-refractivity contribution in [2.45, 2.75) is 12.5 Å². The fourth-order valence-electron chi connectivity index (χ4n) is 2.19. The van der Waals surface area contributed by atoms with Crippen LogP contribution in [0, 0.1) is 5.82 Å². The lowest BCUT2D eigenvalue weighted by Gasteiger charge is -2.15. The summed E-state index contributed by atoms with van der Waals surface area (Å²) in [6.07, 6.45) is 4.76. The number of aromatic nitrogens is 2. The second kappa shape index (κ2) is 5.11. The minimum Gasteiger partial charge on any atom is -0.313 e. The first-order valence-electron chi connectivity index (χ1n) is 6.10. The van der Waals surface area contributed by atoms with Crippen LogP contribution < -0.4 is 5.32 Å². The largest absolute Gasteiger partial charge is 0.313 e. The van der Waals surface area contributed by atoms with Crippen LogP contribution in [0.4, 0.5) is 4.39 Å². The van der Waals surface area contributed by atoms with Crippen LogP contribution in [-0.2, 0) is 6.42 Å². The van der Waals surface area contributed by atoms with E-state index in [4.69, 9.17) is 0 Å². The molecule has 0 saturated heterocycles. The van der Waals surface area contributed by atoms with Gasteiger partial charge in [0, 0.05) is 30.2 Å². The Kier molecular flexibility index (Phi) is 3.31. The third kappa shape index (κ3) is 2.52. The van der Waals surface area contributed by atoms with Gasteiger partial charge in [-0.2, -0.15) is 0 Å². The van der Waals surface area contributed by atoms with Gasteiger partial charge in [0.25, 0.3) is 0 Å². The number of fused-ring (bicyclic) bond motifs is 1. The normalized spacial score (nSPS) is 12.9. The van der Waals surface area contributed by atoms with Crippen molar-refractivity contribution in [1.29, 1.82) is 0 Å². The Balaban J connectivity index is 1.85. The minimum absolute atomic E-state index is 0.0697. The summed E-state index contributed by atoms with van der Waals surface area (Å²) >= 11 is 1.61. The highest BCUT2D eigenvalue weighted by atomic mass is 32.1. The number of halogens is 1. The Morgan fingerprint density at radius 2 is 2.37 bits per heavy atom. The van der Waals surface area contributed by atoms with E-state index in [1.807, 2.05) is 35.3 Å². The monoisotopic (exact) mass is 275 g/mol. The molecule has 3 nitrogen and oxygen atoms in total. The smallest absolute Gasteiger partial charge is 0.193 e. The average molecular weight is 275 g/mol. The van der Waals surface area contributed by atoms with E-state index in [1.54, 1.807) is 23.5 Å². The molecule has 1 aromatic carbocycles. The number of hydrogen-bond donors (Lipinski definition) is 1. The van der Waals surface area contributed by atoms with Gasteiger partial charge in [-0.15, -0.1) is 11.3 Å². The van der Waals surface area contributed by atoms with E-state index in [0.717, 1.165) is 22.6 Å². The average Bonchev–Trinajstić information content (AvgIpc) is 2.96. The van der Waals surface area contributed by atoms with Gasteiger partial charge in [0.15, 0.2) is 4.96 Å². The molecule has 0 fully saturated rings. The van der Waals surface area contributed by atoms with Crippen molar-refractivity contribution in [3.05, 3.63) is 59.1 Å². The molecule has 0 radical (unpaired) electrons. The lowest BCUT2D eigenvalue weighted by Crippen LogP contribution is -2.19. The molecule has 5 heteroatoms. The number of nitrogens with one attached hydrogen (secondary N) is 1. The van der Waals surface area contributed by atoms with Crippen LogP contribution >= 0.6 is 11.3 Å². The summed E-state index contributed by atoms with van der Waals surface area (Å²) in [5.41, 5.74) is 1.95. The first-order valence-corrected chi connectivity index (χ1v) is 6.98.